The van der Waals surface area contributed by atoms with Gasteiger partial charge in [0, 0.05) is 54.9 Å². The molecule has 0 atom stereocenters. The van der Waals surface area contributed by atoms with E-state index in [0.29, 0.717) is 29.1 Å². The molecule has 6 rings (SSSR count). The van der Waals surface area contributed by atoms with Crippen molar-refractivity contribution < 1.29 is 8.91 Å². The van der Waals surface area contributed by atoms with Crippen LogP contribution in [0.5, 0.6) is 0 Å². The van der Waals surface area contributed by atoms with Gasteiger partial charge >= 0.3 is 6.01 Å². The molecule has 0 aliphatic carbocycles. The lowest BCUT2D eigenvalue weighted by Crippen LogP contribution is -2.33. The number of nitrogens with one attached hydrogen (secondary N) is 1. The number of hydrogen-bond acceptors (Lipinski definition) is 10. The van der Waals surface area contributed by atoms with E-state index in [2.05, 4.69) is 45.9 Å². The number of fused-ring (bicyclic) bond motifs is 1. The van der Waals surface area contributed by atoms with Crippen LogP contribution >= 0.6 is 0 Å². The molecule has 5 heterocycles. The summed E-state index contributed by atoms with van der Waals surface area (Å²) >= 11 is 0. The van der Waals surface area contributed by atoms with Crippen molar-refractivity contribution in [3.63, 3.8) is 0 Å². The number of aromatic nitrogens is 9. The fourth-order valence-corrected chi connectivity index (χ4v) is 4.46. The second-order valence-electron chi connectivity index (χ2n) is 9.05. The molecule has 4 aromatic heterocycles. The van der Waals surface area contributed by atoms with E-state index in [-0.39, 0.29) is 11.6 Å². The minimum Gasteiger partial charge on any atom is -0.337 e. The Hall–Kier alpha value is -4.42. The number of halogens is 1. The number of benzene rings is 1. The van der Waals surface area contributed by atoms with Crippen LogP contribution in [0.4, 0.5) is 21.9 Å². The quantitative estimate of drug-likeness (QED) is 0.378. The highest BCUT2D eigenvalue weighted by atomic mass is 19.1. The Kier molecular flexibility index (Phi) is 5.51. The Morgan fingerprint density at radius 2 is 2.03 bits per heavy atom. The topological polar surface area (TPSA) is 128 Å². The molecule has 36 heavy (non-hydrogen) atoms. The van der Waals surface area contributed by atoms with Crippen LogP contribution in [-0.2, 0) is 0 Å². The van der Waals surface area contributed by atoms with Crippen molar-refractivity contribution in [2.75, 3.05) is 23.3 Å². The number of hydrogen-bond donors (Lipinski definition) is 1. The minimum absolute atomic E-state index is 0.232. The summed E-state index contributed by atoms with van der Waals surface area (Å²) < 4.78 is 23.4. The van der Waals surface area contributed by atoms with Gasteiger partial charge in [-0.3, -0.25) is 4.40 Å². The zero-order valence-corrected chi connectivity index (χ0v) is 19.8. The summed E-state index contributed by atoms with van der Waals surface area (Å²) in [6, 6.07) is 5.31. The average molecular weight is 490 g/mol. The monoisotopic (exact) mass is 489 g/mol. The van der Waals surface area contributed by atoms with Gasteiger partial charge in [0.15, 0.2) is 23.1 Å². The maximum absolute atomic E-state index is 14.7. The van der Waals surface area contributed by atoms with Crippen LogP contribution in [0.2, 0.25) is 0 Å². The second kappa shape index (κ2) is 8.98. The Morgan fingerprint density at radius 3 is 2.75 bits per heavy atom. The summed E-state index contributed by atoms with van der Waals surface area (Å²) in [5, 5.41) is 18.1. The standard InChI is InChI=1S/C23H24FN11O/c1-14(2)20-29-23(36-30-20)33-8-5-15(6-9-33)19-12-26-22-21(25-7-10-34(19)22)28-16-3-4-18(17(24)11-16)35-13-27-31-32-35/h3-4,7,10-15H,5-6,8-9H2,1-2H3,(H,25,28). The van der Waals surface area contributed by atoms with E-state index in [9.17, 15) is 4.39 Å². The molecule has 12 nitrogen and oxygen atoms in total. The zero-order chi connectivity index (χ0) is 24.6. The molecule has 5 aromatic rings. The molecule has 0 radical (unpaired) electrons. The summed E-state index contributed by atoms with van der Waals surface area (Å²) in [4.78, 5) is 15.7. The van der Waals surface area contributed by atoms with Crippen LogP contribution in [-0.4, -0.2) is 57.8 Å². The maximum atomic E-state index is 14.7. The predicted octanol–water partition coefficient (Wildman–Crippen LogP) is 3.48. The number of anilines is 3. The fraction of sp³-hybridized carbons (Fsp3) is 0.348. The fourth-order valence-electron chi connectivity index (χ4n) is 4.46. The molecule has 0 spiro atoms. The summed E-state index contributed by atoms with van der Waals surface area (Å²) in [5.41, 5.74) is 2.59. The van der Waals surface area contributed by atoms with E-state index in [1.165, 1.54) is 17.1 Å². The zero-order valence-electron chi connectivity index (χ0n) is 19.8. The van der Waals surface area contributed by atoms with E-state index in [0.717, 1.165) is 37.4 Å². The van der Waals surface area contributed by atoms with Gasteiger partial charge in [0.2, 0.25) is 0 Å². The summed E-state index contributed by atoms with van der Waals surface area (Å²) in [6.07, 6.45) is 8.73. The number of piperidine rings is 1. The lowest BCUT2D eigenvalue weighted by Gasteiger charge is -2.30. The average Bonchev–Trinajstić information content (AvgIpc) is 3.65. The van der Waals surface area contributed by atoms with E-state index < -0.39 is 5.82 Å². The number of rotatable bonds is 6. The highest BCUT2D eigenvalue weighted by molar-refractivity contribution is 5.70. The molecule has 1 aliphatic heterocycles. The van der Waals surface area contributed by atoms with Crippen LogP contribution in [0.25, 0.3) is 11.3 Å². The van der Waals surface area contributed by atoms with E-state index in [4.69, 9.17) is 4.52 Å². The molecule has 0 bridgehead atoms. The Balaban J connectivity index is 1.19. The summed E-state index contributed by atoms with van der Waals surface area (Å²) in [5.74, 6) is 1.37. The molecular formula is C23H24FN11O. The third-order valence-electron chi connectivity index (χ3n) is 6.39. The first-order chi connectivity index (χ1) is 17.6. The van der Waals surface area contributed by atoms with E-state index in [1.807, 2.05) is 30.6 Å². The molecular weight excluding hydrogens is 465 g/mol. The first-order valence-electron chi connectivity index (χ1n) is 11.8. The van der Waals surface area contributed by atoms with Crippen molar-refractivity contribution >= 4 is 23.2 Å². The maximum Gasteiger partial charge on any atom is 0.324 e. The molecule has 1 fully saturated rings. The van der Waals surface area contributed by atoms with Crippen molar-refractivity contribution in [1.29, 1.82) is 0 Å². The molecule has 1 N–H and O–H groups in total. The van der Waals surface area contributed by atoms with Crippen molar-refractivity contribution in [2.45, 2.75) is 38.5 Å². The Morgan fingerprint density at radius 1 is 1.17 bits per heavy atom. The Labute approximate surface area is 205 Å². The highest BCUT2D eigenvalue weighted by Gasteiger charge is 2.27. The molecule has 184 valence electrons. The van der Waals surface area contributed by atoms with Gasteiger partial charge in [0.1, 0.15) is 12.0 Å². The van der Waals surface area contributed by atoms with Gasteiger partial charge in [-0.2, -0.15) is 9.67 Å². The first-order valence-corrected chi connectivity index (χ1v) is 11.8. The van der Waals surface area contributed by atoms with E-state index >= 15 is 0 Å². The van der Waals surface area contributed by atoms with Gasteiger partial charge in [-0.05, 0) is 41.5 Å². The van der Waals surface area contributed by atoms with Crippen molar-refractivity contribution in [2.24, 2.45) is 0 Å². The molecule has 1 saturated heterocycles. The van der Waals surface area contributed by atoms with Crippen LogP contribution in [0.3, 0.4) is 0 Å². The Bertz CT molecular complexity index is 1490. The van der Waals surface area contributed by atoms with Gasteiger partial charge in [0.25, 0.3) is 0 Å². The van der Waals surface area contributed by atoms with Crippen molar-refractivity contribution in [3.05, 3.63) is 60.5 Å². The van der Waals surface area contributed by atoms with Crippen LogP contribution < -0.4 is 10.2 Å². The minimum atomic E-state index is -0.461. The van der Waals surface area contributed by atoms with Crippen molar-refractivity contribution in [1.82, 2.24) is 44.7 Å². The van der Waals surface area contributed by atoms with Gasteiger partial charge in [-0.15, -0.1) is 5.10 Å². The molecule has 0 saturated carbocycles. The molecule has 13 heteroatoms. The van der Waals surface area contributed by atoms with Crippen molar-refractivity contribution in [3.8, 4) is 5.69 Å². The van der Waals surface area contributed by atoms with Crippen LogP contribution in [0, 0.1) is 5.82 Å². The lowest BCUT2D eigenvalue weighted by atomic mass is 9.94. The predicted molar refractivity (Wildman–Crippen MR) is 128 cm³/mol. The third kappa shape index (κ3) is 4.01. The third-order valence-corrected chi connectivity index (χ3v) is 6.39. The van der Waals surface area contributed by atoms with E-state index in [1.54, 1.807) is 18.3 Å². The summed E-state index contributed by atoms with van der Waals surface area (Å²) in [7, 11) is 0. The van der Waals surface area contributed by atoms with Gasteiger partial charge in [-0.25, -0.2) is 14.4 Å². The number of tetrazole rings is 1. The van der Waals surface area contributed by atoms with Crippen LogP contribution in [0.15, 0.2) is 47.6 Å². The second-order valence-corrected chi connectivity index (χ2v) is 9.05. The van der Waals surface area contributed by atoms with Gasteiger partial charge < -0.3 is 14.7 Å². The molecule has 1 aromatic carbocycles. The van der Waals surface area contributed by atoms with Crippen LogP contribution in [0.1, 0.15) is 50.0 Å². The number of nitrogens with zero attached hydrogens (tertiary/aromatic N) is 10. The largest absolute Gasteiger partial charge is 0.337 e. The SMILES string of the molecule is CC(C)c1noc(N2CCC(c3cnc4c(Nc5ccc(-n6cnnn6)c(F)c5)nccn34)CC2)n1. The molecule has 0 amide bonds. The molecule has 0 unspecified atom stereocenters. The normalized spacial score (nSPS) is 14.7. The smallest absolute Gasteiger partial charge is 0.324 e. The molecule has 1 aliphatic rings. The highest BCUT2D eigenvalue weighted by Crippen LogP contribution is 2.32. The summed E-state index contributed by atoms with van der Waals surface area (Å²) in [6.45, 7) is 5.74. The number of imidazole rings is 1. The first kappa shape index (κ1) is 22.1. The van der Waals surface area contributed by atoms with Gasteiger partial charge in [0.05, 0.1) is 0 Å². The van der Waals surface area contributed by atoms with Gasteiger partial charge in [-0.1, -0.05) is 19.0 Å². The lowest BCUT2D eigenvalue weighted by molar-refractivity contribution is 0.386.